The SMILES string of the molecule is CCCC(C)(CNC(C)C)CN1CCN(C(C)C)CC1. The lowest BCUT2D eigenvalue weighted by atomic mass is 9.84. The molecule has 0 bridgehead atoms. The van der Waals surface area contributed by atoms with Gasteiger partial charge in [-0.25, -0.2) is 0 Å². The van der Waals surface area contributed by atoms with Gasteiger partial charge in [-0.15, -0.1) is 0 Å². The predicted molar refractivity (Wildman–Crippen MR) is 89.3 cm³/mol. The molecule has 0 aromatic carbocycles. The van der Waals surface area contributed by atoms with Gasteiger partial charge in [-0.3, -0.25) is 4.90 Å². The number of hydrogen-bond donors (Lipinski definition) is 1. The summed E-state index contributed by atoms with van der Waals surface area (Å²) in [6.45, 7) is 21.2. The van der Waals surface area contributed by atoms with Crippen LogP contribution in [-0.2, 0) is 0 Å². The number of nitrogens with one attached hydrogen (secondary N) is 1. The average molecular weight is 284 g/mol. The van der Waals surface area contributed by atoms with Gasteiger partial charge < -0.3 is 10.2 Å². The second kappa shape index (κ2) is 8.35. The summed E-state index contributed by atoms with van der Waals surface area (Å²) in [7, 11) is 0. The Morgan fingerprint density at radius 3 is 2.10 bits per heavy atom. The topological polar surface area (TPSA) is 18.5 Å². The smallest absolute Gasteiger partial charge is 0.0113 e. The van der Waals surface area contributed by atoms with Gasteiger partial charge in [0.2, 0.25) is 0 Å². The van der Waals surface area contributed by atoms with E-state index in [0.29, 0.717) is 17.5 Å². The molecule has 1 aliphatic rings. The lowest BCUT2D eigenvalue weighted by Gasteiger charge is -2.42. The van der Waals surface area contributed by atoms with Crippen molar-refractivity contribution >= 4 is 0 Å². The monoisotopic (exact) mass is 283 g/mol. The fourth-order valence-corrected chi connectivity index (χ4v) is 3.26. The third-order valence-electron chi connectivity index (χ3n) is 4.53. The lowest BCUT2D eigenvalue weighted by molar-refractivity contribution is 0.0711. The molecule has 0 spiro atoms. The Morgan fingerprint density at radius 1 is 1.05 bits per heavy atom. The van der Waals surface area contributed by atoms with Gasteiger partial charge in [-0.1, -0.05) is 34.1 Å². The molecule has 1 fully saturated rings. The van der Waals surface area contributed by atoms with Crippen molar-refractivity contribution < 1.29 is 0 Å². The highest BCUT2D eigenvalue weighted by molar-refractivity contribution is 4.84. The first-order valence-electron chi connectivity index (χ1n) is 8.56. The summed E-state index contributed by atoms with van der Waals surface area (Å²) >= 11 is 0. The third-order valence-corrected chi connectivity index (χ3v) is 4.53. The number of rotatable bonds is 8. The van der Waals surface area contributed by atoms with Gasteiger partial charge in [0.1, 0.15) is 0 Å². The molecule has 1 N–H and O–H groups in total. The highest BCUT2D eigenvalue weighted by atomic mass is 15.3. The van der Waals surface area contributed by atoms with Crippen molar-refractivity contribution in [1.29, 1.82) is 0 Å². The van der Waals surface area contributed by atoms with E-state index in [2.05, 4.69) is 56.7 Å². The number of piperazine rings is 1. The van der Waals surface area contributed by atoms with Gasteiger partial charge in [-0.05, 0) is 25.7 Å². The molecule has 120 valence electrons. The van der Waals surface area contributed by atoms with Crippen molar-refractivity contribution in [2.45, 2.75) is 66.5 Å². The predicted octanol–water partition coefficient (Wildman–Crippen LogP) is 2.82. The third kappa shape index (κ3) is 6.11. The fraction of sp³-hybridized carbons (Fsp3) is 1.00. The molecule has 0 aromatic heterocycles. The highest BCUT2D eigenvalue weighted by Gasteiger charge is 2.28. The zero-order chi connectivity index (χ0) is 15.2. The van der Waals surface area contributed by atoms with Crippen LogP contribution in [0.1, 0.15) is 54.4 Å². The Morgan fingerprint density at radius 2 is 1.65 bits per heavy atom. The van der Waals surface area contributed by atoms with Crippen LogP contribution in [0.5, 0.6) is 0 Å². The van der Waals surface area contributed by atoms with E-state index in [9.17, 15) is 0 Å². The zero-order valence-corrected chi connectivity index (χ0v) is 14.7. The van der Waals surface area contributed by atoms with Gasteiger partial charge in [0.15, 0.2) is 0 Å². The van der Waals surface area contributed by atoms with E-state index in [-0.39, 0.29) is 0 Å². The summed E-state index contributed by atoms with van der Waals surface area (Å²) in [5.74, 6) is 0. The zero-order valence-electron chi connectivity index (χ0n) is 14.7. The molecular weight excluding hydrogens is 246 g/mol. The summed E-state index contributed by atoms with van der Waals surface area (Å²) in [4.78, 5) is 5.27. The first kappa shape index (κ1) is 17.9. The molecule has 1 atom stereocenters. The molecule has 1 unspecified atom stereocenters. The highest BCUT2D eigenvalue weighted by Crippen LogP contribution is 2.25. The Bertz CT molecular complexity index is 257. The molecule has 0 radical (unpaired) electrons. The van der Waals surface area contributed by atoms with Crippen molar-refractivity contribution in [2.75, 3.05) is 39.3 Å². The van der Waals surface area contributed by atoms with E-state index in [1.165, 1.54) is 45.6 Å². The summed E-state index contributed by atoms with van der Waals surface area (Å²) in [5, 5.41) is 3.65. The Hall–Kier alpha value is -0.120. The maximum atomic E-state index is 3.65. The molecule has 0 aliphatic carbocycles. The van der Waals surface area contributed by atoms with Crippen LogP contribution in [0.3, 0.4) is 0 Å². The maximum absolute atomic E-state index is 3.65. The average Bonchev–Trinajstić information content (AvgIpc) is 2.37. The van der Waals surface area contributed by atoms with E-state index < -0.39 is 0 Å². The Balaban J connectivity index is 2.45. The van der Waals surface area contributed by atoms with Crippen molar-refractivity contribution in [3.8, 4) is 0 Å². The van der Waals surface area contributed by atoms with Crippen LogP contribution in [0.15, 0.2) is 0 Å². The second-order valence-corrected chi connectivity index (χ2v) is 7.50. The molecule has 1 aliphatic heterocycles. The lowest BCUT2D eigenvalue weighted by Crippen LogP contribution is -2.52. The van der Waals surface area contributed by atoms with Crippen LogP contribution in [0.25, 0.3) is 0 Å². The van der Waals surface area contributed by atoms with Gasteiger partial charge >= 0.3 is 0 Å². The van der Waals surface area contributed by atoms with E-state index in [4.69, 9.17) is 0 Å². The summed E-state index contributed by atoms with van der Waals surface area (Å²) in [6, 6.07) is 1.28. The molecule has 1 heterocycles. The quantitative estimate of drug-likeness (QED) is 0.739. The molecular formula is C17H37N3. The maximum Gasteiger partial charge on any atom is 0.0113 e. The minimum Gasteiger partial charge on any atom is -0.314 e. The summed E-state index contributed by atoms with van der Waals surface area (Å²) in [5.41, 5.74) is 0.416. The van der Waals surface area contributed by atoms with E-state index in [1.807, 2.05) is 0 Å². The normalized spacial score (nSPS) is 21.6. The number of nitrogens with zero attached hydrogens (tertiary/aromatic N) is 2. The minimum absolute atomic E-state index is 0.416. The van der Waals surface area contributed by atoms with Crippen molar-refractivity contribution in [2.24, 2.45) is 5.41 Å². The van der Waals surface area contributed by atoms with Gasteiger partial charge in [0, 0.05) is 51.4 Å². The molecule has 3 heteroatoms. The Labute approximate surface area is 127 Å². The molecule has 20 heavy (non-hydrogen) atoms. The van der Waals surface area contributed by atoms with Crippen LogP contribution in [0.2, 0.25) is 0 Å². The van der Waals surface area contributed by atoms with Gasteiger partial charge in [-0.2, -0.15) is 0 Å². The van der Waals surface area contributed by atoms with Crippen LogP contribution >= 0.6 is 0 Å². The standard InChI is InChI=1S/C17H37N3/c1-7-8-17(6,13-18-15(2)3)14-19-9-11-20(12-10-19)16(4)5/h15-16,18H,7-14H2,1-6H3. The van der Waals surface area contributed by atoms with Gasteiger partial charge in [0.05, 0.1) is 0 Å². The van der Waals surface area contributed by atoms with E-state index >= 15 is 0 Å². The van der Waals surface area contributed by atoms with Crippen LogP contribution in [-0.4, -0.2) is 61.2 Å². The van der Waals surface area contributed by atoms with Crippen LogP contribution in [0.4, 0.5) is 0 Å². The van der Waals surface area contributed by atoms with Crippen molar-refractivity contribution in [3.05, 3.63) is 0 Å². The van der Waals surface area contributed by atoms with E-state index in [1.54, 1.807) is 0 Å². The minimum atomic E-state index is 0.416. The first-order valence-corrected chi connectivity index (χ1v) is 8.56. The van der Waals surface area contributed by atoms with Gasteiger partial charge in [0.25, 0.3) is 0 Å². The van der Waals surface area contributed by atoms with E-state index in [0.717, 1.165) is 6.54 Å². The molecule has 1 rings (SSSR count). The Kier molecular flexibility index (Phi) is 7.49. The molecule has 1 saturated heterocycles. The molecule has 0 aromatic rings. The summed E-state index contributed by atoms with van der Waals surface area (Å²) < 4.78 is 0. The molecule has 0 amide bonds. The summed E-state index contributed by atoms with van der Waals surface area (Å²) in [6.07, 6.45) is 2.60. The van der Waals surface area contributed by atoms with Crippen LogP contribution in [0, 0.1) is 5.41 Å². The number of hydrogen-bond acceptors (Lipinski definition) is 3. The first-order chi connectivity index (χ1) is 9.36. The largest absolute Gasteiger partial charge is 0.314 e. The van der Waals surface area contributed by atoms with Crippen LogP contribution < -0.4 is 5.32 Å². The second-order valence-electron chi connectivity index (χ2n) is 7.50. The van der Waals surface area contributed by atoms with Crippen molar-refractivity contribution in [3.63, 3.8) is 0 Å². The van der Waals surface area contributed by atoms with Crippen molar-refractivity contribution in [1.82, 2.24) is 15.1 Å². The molecule has 3 nitrogen and oxygen atoms in total. The molecule has 0 saturated carbocycles. The fourth-order valence-electron chi connectivity index (χ4n) is 3.26.